The number of aliphatic hydroxyl groups is 1. The van der Waals surface area contributed by atoms with Crippen LogP contribution >= 0.6 is 0 Å². The Kier molecular flexibility index (Phi) is 10.6. The van der Waals surface area contributed by atoms with Crippen LogP contribution in [0.3, 0.4) is 0 Å². The van der Waals surface area contributed by atoms with E-state index in [0.717, 1.165) is 39.0 Å². The maximum absolute atomic E-state index is 9.14. The number of hydrogen-bond acceptors (Lipinski definition) is 4. The van der Waals surface area contributed by atoms with Crippen molar-refractivity contribution in [3.05, 3.63) is 0 Å². The van der Waals surface area contributed by atoms with Gasteiger partial charge in [0, 0.05) is 31.8 Å². The lowest BCUT2D eigenvalue weighted by Gasteiger charge is -2.33. The number of rotatable bonds is 11. The summed E-state index contributed by atoms with van der Waals surface area (Å²) in [6, 6.07) is 0.953. The quantitative estimate of drug-likeness (QED) is 0.581. The second-order valence-corrected chi connectivity index (χ2v) is 5.36. The molecule has 0 spiro atoms. The first-order valence-electron chi connectivity index (χ1n) is 7.28. The Morgan fingerprint density at radius 1 is 1.17 bits per heavy atom. The van der Waals surface area contributed by atoms with Crippen molar-refractivity contribution in [1.29, 1.82) is 0 Å². The lowest BCUT2D eigenvalue weighted by Crippen LogP contribution is -2.47. The molecule has 18 heavy (non-hydrogen) atoms. The van der Waals surface area contributed by atoms with Crippen LogP contribution in [0.1, 0.15) is 33.6 Å². The first-order valence-corrected chi connectivity index (χ1v) is 7.28. The van der Waals surface area contributed by atoms with Gasteiger partial charge in [-0.05, 0) is 47.0 Å². The molecule has 0 heterocycles. The number of nitrogens with one attached hydrogen (secondary N) is 1. The fourth-order valence-electron chi connectivity index (χ4n) is 2.31. The van der Waals surface area contributed by atoms with Crippen molar-refractivity contribution in [1.82, 2.24) is 15.1 Å². The molecular weight excluding hydrogens is 226 g/mol. The lowest BCUT2D eigenvalue weighted by molar-refractivity contribution is 0.153. The van der Waals surface area contributed by atoms with Gasteiger partial charge in [0.25, 0.3) is 0 Å². The third kappa shape index (κ3) is 8.03. The highest BCUT2D eigenvalue weighted by Crippen LogP contribution is 2.04. The molecule has 4 nitrogen and oxygen atoms in total. The summed E-state index contributed by atoms with van der Waals surface area (Å²) in [7, 11) is 4.23. The summed E-state index contributed by atoms with van der Waals surface area (Å²) in [5.41, 5.74) is 0. The van der Waals surface area contributed by atoms with Gasteiger partial charge in [0.05, 0.1) is 0 Å². The average Bonchev–Trinajstić information content (AvgIpc) is 2.31. The zero-order chi connectivity index (χ0) is 14.0. The van der Waals surface area contributed by atoms with Crippen molar-refractivity contribution in [2.75, 3.05) is 46.9 Å². The number of aliphatic hydroxyl groups excluding tert-OH is 1. The van der Waals surface area contributed by atoms with Gasteiger partial charge in [-0.15, -0.1) is 0 Å². The van der Waals surface area contributed by atoms with Gasteiger partial charge in [-0.3, -0.25) is 4.90 Å². The summed E-state index contributed by atoms with van der Waals surface area (Å²) >= 11 is 0. The Bertz CT molecular complexity index is 188. The molecule has 0 aromatic heterocycles. The molecule has 0 bridgehead atoms. The van der Waals surface area contributed by atoms with Crippen LogP contribution in [0, 0.1) is 0 Å². The minimum atomic E-state index is 0.265. The van der Waals surface area contributed by atoms with E-state index in [0.29, 0.717) is 12.1 Å². The zero-order valence-electron chi connectivity index (χ0n) is 12.9. The van der Waals surface area contributed by atoms with Crippen LogP contribution in [0.25, 0.3) is 0 Å². The third-order valence-electron chi connectivity index (χ3n) is 3.27. The van der Waals surface area contributed by atoms with Gasteiger partial charge in [0.2, 0.25) is 0 Å². The molecule has 110 valence electrons. The summed E-state index contributed by atoms with van der Waals surface area (Å²) in [6.07, 6.45) is 1.98. The van der Waals surface area contributed by atoms with Gasteiger partial charge in [0.15, 0.2) is 0 Å². The first-order chi connectivity index (χ1) is 8.54. The molecule has 0 saturated carbocycles. The third-order valence-corrected chi connectivity index (χ3v) is 3.27. The van der Waals surface area contributed by atoms with Crippen LogP contribution in [0.15, 0.2) is 0 Å². The zero-order valence-corrected chi connectivity index (χ0v) is 12.9. The summed E-state index contributed by atoms with van der Waals surface area (Å²) < 4.78 is 0. The van der Waals surface area contributed by atoms with Crippen LogP contribution in [0.5, 0.6) is 0 Å². The Balaban J connectivity index is 4.25. The summed E-state index contributed by atoms with van der Waals surface area (Å²) in [5.74, 6) is 0. The van der Waals surface area contributed by atoms with E-state index in [1.807, 2.05) is 0 Å². The number of nitrogens with zero attached hydrogens (tertiary/aromatic N) is 2. The normalized spacial score (nSPS) is 15.3. The Morgan fingerprint density at radius 2 is 1.83 bits per heavy atom. The van der Waals surface area contributed by atoms with Crippen molar-refractivity contribution < 1.29 is 5.11 Å². The highest BCUT2D eigenvalue weighted by molar-refractivity contribution is 4.76. The predicted octanol–water partition coefficient (Wildman–Crippen LogP) is 1.01. The van der Waals surface area contributed by atoms with Gasteiger partial charge in [-0.2, -0.15) is 0 Å². The van der Waals surface area contributed by atoms with E-state index in [-0.39, 0.29) is 6.61 Å². The van der Waals surface area contributed by atoms with Crippen molar-refractivity contribution >= 4 is 0 Å². The second-order valence-electron chi connectivity index (χ2n) is 5.36. The van der Waals surface area contributed by atoms with E-state index in [1.165, 1.54) is 0 Å². The minimum absolute atomic E-state index is 0.265. The molecule has 0 aromatic rings. The van der Waals surface area contributed by atoms with E-state index in [9.17, 15) is 0 Å². The topological polar surface area (TPSA) is 38.7 Å². The van der Waals surface area contributed by atoms with Crippen molar-refractivity contribution in [2.24, 2.45) is 0 Å². The van der Waals surface area contributed by atoms with Crippen LogP contribution in [0.4, 0.5) is 0 Å². The van der Waals surface area contributed by atoms with Gasteiger partial charge >= 0.3 is 0 Å². The van der Waals surface area contributed by atoms with E-state index in [2.05, 4.69) is 50.0 Å². The summed E-state index contributed by atoms with van der Waals surface area (Å²) in [4.78, 5) is 4.72. The highest BCUT2D eigenvalue weighted by atomic mass is 16.3. The summed E-state index contributed by atoms with van der Waals surface area (Å²) in [6.45, 7) is 11.1. The molecule has 4 heteroatoms. The fraction of sp³-hybridized carbons (Fsp3) is 1.00. The molecule has 0 amide bonds. The average molecular weight is 259 g/mol. The van der Waals surface area contributed by atoms with Crippen molar-refractivity contribution in [3.63, 3.8) is 0 Å². The summed E-state index contributed by atoms with van der Waals surface area (Å²) in [5, 5.41) is 12.7. The van der Waals surface area contributed by atoms with Crippen LogP contribution in [-0.2, 0) is 0 Å². The molecule has 0 rings (SSSR count). The van der Waals surface area contributed by atoms with Crippen LogP contribution < -0.4 is 5.32 Å². The maximum atomic E-state index is 9.14. The Labute approximate surface area is 113 Å². The van der Waals surface area contributed by atoms with E-state index < -0.39 is 0 Å². The van der Waals surface area contributed by atoms with Gasteiger partial charge in [-0.1, -0.05) is 13.8 Å². The molecule has 2 unspecified atom stereocenters. The Morgan fingerprint density at radius 3 is 2.28 bits per heavy atom. The lowest BCUT2D eigenvalue weighted by atomic mass is 10.1. The fourth-order valence-corrected chi connectivity index (χ4v) is 2.31. The second kappa shape index (κ2) is 10.7. The molecule has 2 atom stereocenters. The van der Waals surface area contributed by atoms with Crippen LogP contribution in [-0.4, -0.2) is 73.9 Å². The van der Waals surface area contributed by atoms with E-state index >= 15 is 0 Å². The standard InChI is InChI=1S/C14H33N3O/c1-6-9-15-14(8-10-18)12-17(7-2)13(3)11-16(4)5/h13-15,18H,6-12H2,1-5H3. The predicted molar refractivity (Wildman–Crippen MR) is 79.0 cm³/mol. The largest absolute Gasteiger partial charge is 0.396 e. The van der Waals surface area contributed by atoms with Crippen LogP contribution in [0.2, 0.25) is 0 Å². The molecule has 2 N–H and O–H groups in total. The molecule has 0 aliphatic carbocycles. The van der Waals surface area contributed by atoms with E-state index in [1.54, 1.807) is 0 Å². The Hall–Kier alpha value is -0.160. The van der Waals surface area contributed by atoms with E-state index in [4.69, 9.17) is 5.11 Å². The number of likely N-dealkylation sites (N-methyl/N-ethyl adjacent to an activating group) is 2. The van der Waals surface area contributed by atoms with Crippen molar-refractivity contribution in [2.45, 2.75) is 45.7 Å². The molecule has 0 aliphatic rings. The molecular formula is C14H33N3O. The molecule has 0 saturated heterocycles. The minimum Gasteiger partial charge on any atom is -0.396 e. The van der Waals surface area contributed by atoms with Crippen molar-refractivity contribution in [3.8, 4) is 0 Å². The highest BCUT2D eigenvalue weighted by Gasteiger charge is 2.17. The first kappa shape index (κ1) is 17.8. The molecule has 0 fully saturated rings. The molecule has 0 radical (unpaired) electrons. The smallest absolute Gasteiger partial charge is 0.0446 e. The van der Waals surface area contributed by atoms with Gasteiger partial charge in [-0.25, -0.2) is 0 Å². The monoisotopic (exact) mass is 259 g/mol. The maximum Gasteiger partial charge on any atom is 0.0446 e. The molecule has 0 aromatic carbocycles. The number of hydrogen-bond donors (Lipinski definition) is 2. The molecule has 0 aliphatic heterocycles. The SMILES string of the molecule is CCCNC(CCO)CN(CC)C(C)CN(C)C. The van der Waals surface area contributed by atoms with Gasteiger partial charge in [0.1, 0.15) is 0 Å². The van der Waals surface area contributed by atoms with Gasteiger partial charge < -0.3 is 15.3 Å².